The topological polar surface area (TPSA) is 50.9 Å². The van der Waals surface area contributed by atoms with E-state index in [0.29, 0.717) is 21.8 Å². The summed E-state index contributed by atoms with van der Waals surface area (Å²) >= 11 is 5.87. The van der Waals surface area contributed by atoms with Gasteiger partial charge in [0.2, 0.25) is 0 Å². The predicted molar refractivity (Wildman–Crippen MR) is 80.0 cm³/mol. The Morgan fingerprint density at radius 3 is 2.55 bits per heavy atom. The Bertz CT molecular complexity index is 775. The van der Waals surface area contributed by atoms with E-state index in [-0.39, 0.29) is 5.52 Å². The average molecular weight is 288 g/mol. The maximum absolute atomic E-state index is 14.0. The van der Waals surface area contributed by atoms with Gasteiger partial charge in [-0.1, -0.05) is 41.9 Å². The average Bonchev–Trinajstić information content (AvgIpc) is 2.47. The van der Waals surface area contributed by atoms with Gasteiger partial charge in [-0.15, -0.1) is 0 Å². The van der Waals surface area contributed by atoms with Gasteiger partial charge in [-0.25, -0.2) is 9.37 Å². The van der Waals surface area contributed by atoms with E-state index >= 15 is 0 Å². The van der Waals surface area contributed by atoms with Crippen LogP contribution in [0.15, 0.2) is 48.5 Å². The van der Waals surface area contributed by atoms with Crippen molar-refractivity contribution in [2.45, 2.75) is 0 Å². The summed E-state index contributed by atoms with van der Waals surface area (Å²) in [4.78, 5) is 4.37. The van der Waals surface area contributed by atoms with Crippen molar-refractivity contribution < 1.29 is 4.39 Å². The molecule has 0 fully saturated rings. The number of hydrazine groups is 1. The first-order valence-electron chi connectivity index (χ1n) is 6.01. The van der Waals surface area contributed by atoms with Gasteiger partial charge in [-0.2, -0.15) is 0 Å². The molecule has 0 saturated carbocycles. The fourth-order valence-corrected chi connectivity index (χ4v) is 2.33. The molecule has 3 N–H and O–H groups in total. The highest BCUT2D eigenvalue weighted by molar-refractivity contribution is 6.31. The van der Waals surface area contributed by atoms with Crippen molar-refractivity contribution in [2.75, 3.05) is 5.43 Å². The summed E-state index contributed by atoms with van der Waals surface area (Å²) in [5.74, 6) is 5.05. The van der Waals surface area contributed by atoms with Crippen LogP contribution in [-0.2, 0) is 0 Å². The second-order valence-corrected chi connectivity index (χ2v) is 4.79. The quantitative estimate of drug-likeness (QED) is 0.554. The molecular weight excluding hydrogens is 277 g/mol. The van der Waals surface area contributed by atoms with Crippen LogP contribution >= 0.6 is 11.6 Å². The van der Waals surface area contributed by atoms with Crippen LogP contribution in [0.4, 0.5) is 10.1 Å². The van der Waals surface area contributed by atoms with Crippen molar-refractivity contribution in [3.05, 3.63) is 59.4 Å². The molecule has 100 valence electrons. The molecule has 0 amide bonds. The highest BCUT2D eigenvalue weighted by Gasteiger charge is 2.11. The summed E-state index contributed by atoms with van der Waals surface area (Å²) in [7, 11) is 0. The van der Waals surface area contributed by atoms with Gasteiger partial charge in [-0.3, -0.25) is 5.84 Å². The molecule has 1 heterocycles. The second-order valence-electron chi connectivity index (χ2n) is 4.35. The number of hydrogen-bond acceptors (Lipinski definition) is 3. The highest BCUT2D eigenvalue weighted by Crippen LogP contribution is 2.31. The summed E-state index contributed by atoms with van der Waals surface area (Å²) in [6, 6.07) is 14.2. The third-order valence-corrected chi connectivity index (χ3v) is 3.27. The zero-order chi connectivity index (χ0) is 14.1. The first-order valence-corrected chi connectivity index (χ1v) is 6.38. The molecular formula is C15H11ClFN3. The van der Waals surface area contributed by atoms with Gasteiger partial charge in [0.05, 0.1) is 11.4 Å². The van der Waals surface area contributed by atoms with E-state index in [1.165, 1.54) is 6.07 Å². The Labute approximate surface area is 120 Å². The number of nitrogens with one attached hydrogen (secondary N) is 1. The predicted octanol–water partition coefficient (Wildman–Crippen LogP) is 3.98. The molecule has 5 heteroatoms. The number of nitrogen functional groups attached to an aromatic ring is 1. The molecule has 0 unspecified atom stereocenters. The van der Waals surface area contributed by atoms with Crippen molar-refractivity contribution >= 4 is 28.2 Å². The molecule has 3 nitrogen and oxygen atoms in total. The molecule has 0 bridgehead atoms. The number of hydrogen-bond donors (Lipinski definition) is 2. The van der Waals surface area contributed by atoms with Gasteiger partial charge in [0.1, 0.15) is 5.52 Å². The van der Waals surface area contributed by atoms with Crippen molar-refractivity contribution in [2.24, 2.45) is 5.84 Å². The Morgan fingerprint density at radius 1 is 1.10 bits per heavy atom. The smallest absolute Gasteiger partial charge is 0.151 e. The summed E-state index contributed by atoms with van der Waals surface area (Å²) in [5.41, 5.74) is 4.92. The lowest BCUT2D eigenvalue weighted by molar-refractivity contribution is 0.637. The van der Waals surface area contributed by atoms with Crippen LogP contribution in [0.1, 0.15) is 0 Å². The Morgan fingerprint density at radius 2 is 1.85 bits per heavy atom. The van der Waals surface area contributed by atoms with Gasteiger partial charge >= 0.3 is 0 Å². The molecule has 0 atom stereocenters. The zero-order valence-corrected chi connectivity index (χ0v) is 11.2. The highest BCUT2D eigenvalue weighted by atomic mass is 35.5. The van der Waals surface area contributed by atoms with Crippen molar-refractivity contribution in [1.29, 1.82) is 0 Å². The van der Waals surface area contributed by atoms with Gasteiger partial charge in [0, 0.05) is 16.0 Å². The normalized spacial score (nSPS) is 10.8. The Hall–Kier alpha value is -2.17. The van der Waals surface area contributed by atoms with Crippen molar-refractivity contribution in [3.8, 4) is 11.3 Å². The van der Waals surface area contributed by atoms with Crippen LogP contribution in [0.2, 0.25) is 5.02 Å². The van der Waals surface area contributed by atoms with Crippen LogP contribution in [0.5, 0.6) is 0 Å². The van der Waals surface area contributed by atoms with Gasteiger partial charge in [0.15, 0.2) is 5.82 Å². The van der Waals surface area contributed by atoms with Gasteiger partial charge in [0.25, 0.3) is 0 Å². The number of nitrogens with two attached hydrogens (primary N) is 1. The van der Waals surface area contributed by atoms with E-state index in [0.717, 1.165) is 5.56 Å². The molecule has 0 aliphatic rings. The Balaban J connectivity index is 2.32. The number of pyridine rings is 1. The second kappa shape index (κ2) is 5.07. The number of fused-ring (bicyclic) bond motifs is 1. The molecule has 3 aromatic rings. The van der Waals surface area contributed by atoms with Crippen molar-refractivity contribution in [3.63, 3.8) is 0 Å². The van der Waals surface area contributed by atoms with Gasteiger partial charge in [-0.05, 0) is 18.2 Å². The lowest BCUT2D eigenvalue weighted by Crippen LogP contribution is -2.08. The van der Waals surface area contributed by atoms with E-state index in [1.54, 1.807) is 12.1 Å². The minimum Gasteiger partial charge on any atom is -0.323 e. The molecule has 0 saturated heterocycles. The lowest BCUT2D eigenvalue weighted by atomic mass is 10.1. The zero-order valence-electron chi connectivity index (χ0n) is 10.4. The van der Waals surface area contributed by atoms with Crippen molar-refractivity contribution in [1.82, 2.24) is 4.98 Å². The summed E-state index contributed by atoms with van der Waals surface area (Å²) < 4.78 is 14.0. The SMILES string of the molecule is NNc1cc(-c2ccccc2)nc2c(F)cc(Cl)cc12. The lowest BCUT2D eigenvalue weighted by Gasteiger charge is -2.10. The van der Waals surface area contributed by atoms with Gasteiger partial charge < -0.3 is 5.43 Å². The summed E-state index contributed by atoms with van der Waals surface area (Å²) in [6.07, 6.45) is 0. The number of rotatable bonds is 2. The first kappa shape index (κ1) is 12.8. The van der Waals surface area contributed by atoms with Crippen LogP contribution in [0, 0.1) is 5.82 Å². The molecule has 0 spiro atoms. The van der Waals surface area contributed by atoms with E-state index < -0.39 is 5.82 Å². The number of aromatic nitrogens is 1. The standard InChI is InChI=1S/C15H11ClFN3/c16-10-6-11-14(20-18)8-13(9-4-2-1-3-5-9)19-15(11)12(17)7-10/h1-8H,18H2,(H,19,20). The number of anilines is 1. The largest absolute Gasteiger partial charge is 0.323 e. The fourth-order valence-electron chi connectivity index (χ4n) is 2.13. The van der Waals surface area contributed by atoms with E-state index in [1.807, 2.05) is 30.3 Å². The minimum atomic E-state index is -0.471. The summed E-state index contributed by atoms with van der Waals surface area (Å²) in [6.45, 7) is 0. The van der Waals surface area contributed by atoms with Crippen LogP contribution < -0.4 is 11.3 Å². The molecule has 2 aromatic carbocycles. The minimum absolute atomic E-state index is 0.240. The first-order chi connectivity index (χ1) is 9.69. The van der Waals surface area contributed by atoms with E-state index in [4.69, 9.17) is 17.4 Å². The molecule has 0 radical (unpaired) electrons. The molecule has 0 aliphatic heterocycles. The van der Waals surface area contributed by atoms with Crippen LogP contribution in [-0.4, -0.2) is 4.98 Å². The Kier molecular flexibility index (Phi) is 3.26. The van der Waals surface area contributed by atoms with Crippen LogP contribution in [0.25, 0.3) is 22.2 Å². The number of nitrogens with zero attached hydrogens (tertiary/aromatic N) is 1. The number of benzene rings is 2. The third-order valence-electron chi connectivity index (χ3n) is 3.06. The monoisotopic (exact) mass is 287 g/mol. The van der Waals surface area contributed by atoms with Crippen LogP contribution in [0.3, 0.4) is 0 Å². The molecule has 20 heavy (non-hydrogen) atoms. The number of halogens is 2. The molecule has 0 aliphatic carbocycles. The third kappa shape index (κ3) is 2.19. The summed E-state index contributed by atoms with van der Waals surface area (Å²) in [5, 5.41) is 0.859. The maximum atomic E-state index is 14.0. The fraction of sp³-hybridized carbons (Fsp3) is 0. The maximum Gasteiger partial charge on any atom is 0.151 e. The van der Waals surface area contributed by atoms with E-state index in [9.17, 15) is 4.39 Å². The molecule has 3 rings (SSSR count). The van der Waals surface area contributed by atoms with E-state index in [2.05, 4.69) is 10.4 Å². The molecule has 1 aromatic heterocycles.